The molecule has 0 unspecified atom stereocenters. The number of aryl methyl sites for hydroxylation is 1. The van der Waals surface area contributed by atoms with Crippen molar-refractivity contribution in [3.8, 4) is 11.3 Å². The molecule has 34 heavy (non-hydrogen) atoms. The molecule has 2 N–H and O–H groups in total. The summed E-state index contributed by atoms with van der Waals surface area (Å²) in [5.74, 6) is -2.16. The summed E-state index contributed by atoms with van der Waals surface area (Å²) >= 11 is 0. The molecule has 172 valence electrons. The summed E-state index contributed by atoms with van der Waals surface area (Å²) in [6, 6.07) is 16.5. The van der Waals surface area contributed by atoms with Crippen molar-refractivity contribution in [3.05, 3.63) is 89.6 Å². The highest BCUT2D eigenvalue weighted by Gasteiger charge is 2.14. The van der Waals surface area contributed by atoms with Crippen molar-refractivity contribution in [2.75, 3.05) is 5.32 Å². The summed E-state index contributed by atoms with van der Waals surface area (Å²) < 4.78 is 27.3. The molecule has 6 nitrogen and oxygen atoms in total. The third kappa shape index (κ3) is 5.58. The molecule has 4 rings (SSSR count). The van der Waals surface area contributed by atoms with Crippen LogP contribution in [-0.2, 0) is 11.2 Å². The lowest BCUT2D eigenvalue weighted by atomic mass is 10.0. The van der Waals surface area contributed by atoms with Crippen molar-refractivity contribution in [2.24, 2.45) is 0 Å². The van der Waals surface area contributed by atoms with Crippen LogP contribution in [0.25, 0.3) is 22.3 Å². The second-order valence-electron chi connectivity index (χ2n) is 7.80. The van der Waals surface area contributed by atoms with Crippen LogP contribution in [0.1, 0.15) is 35.3 Å². The second-order valence-corrected chi connectivity index (χ2v) is 7.80. The molecule has 8 heteroatoms. The van der Waals surface area contributed by atoms with Gasteiger partial charge in [0.05, 0.1) is 22.4 Å². The zero-order valence-corrected chi connectivity index (χ0v) is 18.1. The van der Waals surface area contributed by atoms with Gasteiger partial charge in [-0.05, 0) is 67.8 Å². The average molecular weight is 461 g/mol. The van der Waals surface area contributed by atoms with Gasteiger partial charge >= 0.3 is 5.97 Å². The number of nitrogens with zero attached hydrogens (tertiary/aromatic N) is 2. The van der Waals surface area contributed by atoms with E-state index in [1.54, 1.807) is 36.4 Å². The number of carboxylic acid groups (broad SMARTS) is 1. The third-order valence-electron chi connectivity index (χ3n) is 5.23. The third-order valence-corrected chi connectivity index (χ3v) is 5.23. The molecule has 0 spiro atoms. The number of nitrogens with one attached hydrogen (secondary N) is 1. The SMILES string of the molecule is O=C(O)CCCCc1nc2cc(C(=O)Nc3cccc(F)c3)ccc2nc1-c1cccc(F)c1. The van der Waals surface area contributed by atoms with Crippen LogP contribution in [0, 0.1) is 11.6 Å². The molecule has 0 saturated carbocycles. The number of hydrogen-bond acceptors (Lipinski definition) is 4. The number of halogens is 2. The standard InChI is InChI=1S/C26H21F2N3O3/c27-18-6-3-5-16(13-18)25-22(9-1-2-10-24(32)33)30-23-14-17(11-12-21(23)31-25)26(34)29-20-8-4-7-19(28)15-20/h3-8,11-15H,1-2,9-10H2,(H,29,34)(H,32,33). The first-order valence-electron chi connectivity index (χ1n) is 10.7. The summed E-state index contributed by atoms with van der Waals surface area (Å²) in [5.41, 5.74) is 3.32. The molecule has 0 bridgehead atoms. The van der Waals surface area contributed by atoms with Gasteiger partial charge in [0.1, 0.15) is 11.6 Å². The Balaban J connectivity index is 1.67. The first-order valence-corrected chi connectivity index (χ1v) is 10.7. The van der Waals surface area contributed by atoms with Crippen molar-refractivity contribution in [1.82, 2.24) is 9.97 Å². The number of unbranched alkanes of at least 4 members (excludes halogenated alkanes) is 1. The summed E-state index contributed by atoms with van der Waals surface area (Å²) in [6.45, 7) is 0. The molecule has 1 amide bonds. The molecule has 3 aromatic carbocycles. The number of hydrogen-bond donors (Lipinski definition) is 2. The Bertz CT molecular complexity index is 1370. The Morgan fingerprint density at radius 3 is 2.35 bits per heavy atom. The summed E-state index contributed by atoms with van der Waals surface area (Å²) in [7, 11) is 0. The maximum Gasteiger partial charge on any atom is 0.303 e. The van der Waals surface area contributed by atoms with Crippen molar-refractivity contribution < 1.29 is 23.5 Å². The van der Waals surface area contributed by atoms with E-state index in [0.717, 1.165) is 0 Å². The normalized spacial score (nSPS) is 10.9. The summed E-state index contributed by atoms with van der Waals surface area (Å²) in [5, 5.41) is 11.5. The van der Waals surface area contributed by atoms with Crippen LogP contribution in [0.4, 0.5) is 14.5 Å². The molecule has 1 aromatic heterocycles. The number of benzene rings is 3. The number of amides is 1. The molecule has 0 fully saturated rings. The van der Waals surface area contributed by atoms with Crippen LogP contribution in [0.2, 0.25) is 0 Å². The first-order chi connectivity index (χ1) is 16.4. The molecule has 0 aliphatic rings. The fraction of sp³-hybridized carbons (Fsp3) is 0.154. The zero-order valence-electron chi connectivity index (χ0n) is 18.1. The van der Waals surface area contributed by atoms with Gasteiger partial charge in [-0.15, -0.1) is 0 Å². The fourth-order valence-corrected chi connectivity index (χ4v) is 3.61. The van der Waals surface area contributed by atoms with Gasteiger partial charge in [-0.2, -0.15) is 0 Å². The Morgan fingerprint density at radius 2 is 1.62 bits per heavy atom. The van der Waals surface area contributed by atoms with Gasteiger partial charge in [-0.25, -0.2) is 18.7 Å². The van der Waals surface area contributed by atoms with Crippen LogP contribution in [0.15, 0.2) is 66.7 Å². The lowest BCUT2D eigenvalue weighted by Crippen LogP contribution is -2.12. The van der Waals surface area contributed by atoms with Crippen molar-refractivity contribution in [3.63, 3.8) is 0 Å². The van der Waals surface area contributed by atoms with Crippen LogP contribution < -0.4 is 5.32 Å². The van der Waals surface area contributed by atoms with Gasteiger partial charge in [-0.3, -0.25) is 9.59 Å². The molecule has 0 aliphatic carbocycles. The van der Waals surface area contributed by atoms with E-state index in [0.29, 0.717) is 58.5 Å². The number of fused-ring (bicyclic) bond motifs is 1. The molecule has 0 saturated heterocycles. The van der Waals surface area contributed by atoms with E-state index in [4.69, 9.17) is 5.11 Å². The highest BCUT2D eigenvalue weighted by molar-refractivity contribution is 6.06. The number of carboxylic acids is 1. The first kappa shape index (κ1) is 23.0. The summed E-state index contributed by atoms with van der Waals surface area (Å²) in [4.78, 5) is 32.9. The Morgan fingerprint density at radius 1 is 0.853 bits per heavy atom. The van der Waals surface area contributed by atoms with Gasteiger partial charge in [0.2, 0.25) is 0 Å². The van der Waals surface area contributed by atoms with Crippen molar-refractivity contribution in [2.45, 2.75) is 25.7 Å². The number of anilines is 1. The summed E-state index contributed by atoms with van der Waals surface area (Å²) in [6.07, 6.45) is 1.52. The topological polar surface area (TPSA) is 92.2 Å². The Hall–Kier alpha value is -4.20. The van der Waals surface area contributed by atoms with Crippen LogP contribution in [0.3, 0.4) is 0 Å². The Kier molecular flexibility index (Phi) is 6.87. The number of carbonyl (C=O) groups is 2. The second kappa shape index (κ2) is 10.2. The number of aliphatic carboxylic acids is 1. The minimum atomic E-state index is -0.871. The van der Waals surface area contributed by atoms with Crippen LogP contribution >= 0.6 is 0 Å². The molecule has 0 aliphatic heterocycles. The van der Waals surface area contributed by atoms with Crippen LogP contribution in [-0.4, -0.2) is 27.0 Å². The molecule has 0 radical (unpaired) electrons. The minimum absolute atomic E-state index is 0.0424. The van der Waals surface area contributed by atoms with E-state index in [2.05, 4.69) is 15.3 Å². The van der Waals surface area contributed by atoms with E-state index in [1.807, 2.05) is 0 Å². The van der Waals surface area contributed by atoms with Gasteiger partial charge in [0.15, 0.2) is 0 Å². The monoisotopic (exact) mass is 461 g/mol. The molecular formula is C26H21F2N3O3. The van der Waals surface area contributed by atoms with Gasteiger partial charge in [0.25, 0.3) is 5.91 Å². The van der Waals surface area contributed by atoms with Gasteiger partial charge in [0, 0.05) is 23.2 Å². The maximum atomic E-state index is 13.9. The number of carbonyl (C=O) groups excluding carboxylic acids is 1. The predicted molar refractivity (Wildman–Crippen MR) is 124 cm³/mol. The molecule has 0 atom stereocenters. The minimum Gasteiger partial charge on any atom is -0.481 e. The van der Waals surface area contributed by atoms with Gasteiger partial charge in [-0.1, -0.05) is 18.2 Å². The quantitative estimate of drug-likeness (QED) is 0.332. The maximum absolute atomic E-state index is 13.9. The van der Waals surface area contributed by atoms with Crippen LogP contribution in [0.5, 0.6) is 0 Å². The average Bonchev–Trinajstić information content (AvgIpc) is 2.81. The van der Waals surface area contributed by atoms with Crippen molar-refractivity contribution >= 4 is 28.6 Å². The largest absolute Gasteiger partial charge is 0.481 e. The Labute approximate surface area is 194 Å². The lowest BCUT2D eigenvalue weighted by Gasteiger charge is -2.11. The molecular weight excluding hydrogens is 440 g/mol. The van der Waals surface area contributed by atoms with E-state index < -0.39 is 23.5 Å². The molecule has 4 aromatic rings. The highest BCUT2D eigenvalue weighted by atomic mass is 19.1. The van der Waals surface area contributed by atoms with E-state index in [9.17, 15) is 18.4 Å². The number of aromatic nitrogens is 2. The van der Waals surface area contributed by atoms with E-state index >= 15 is 0 Å². The predicted octanol–water partition coefficient (Wildman–Crippen LogP) is 5.62. The fourth-order valence-electron chi connectivity index (χ4n) is 3.61. The highest BCUT2D eigenvalue weighted by Crippen LogP contribution is 2.26. The van der Waals surface area contributed by atoms with Crippen molar-refractivity contribution in [1.29, 1.82) is 0 Å². The van der Waals surface area contributed by atoms with Gasteiger partial charge < -0.3 is 10.4 Å². The number of rotatable bonds is 8. The smallest absolute Gasteiger partial charge is 0.303 e. The molecule has 1 heterocycles. The zero-order chi connectivity index (χ0) is 24.1. The van der Waals surface area contributed by atoms with E-state index in [-0.39, 0.29) is 6.42 Å². The lowest BCUT2D eigenvalue weighted by molar-refractivity contribution is -0.137. The van der Waals surface area contributed by atoms with E-state index in [1.165, 1.54) is 30.3 Å².